The highest BCUT2D eigenvalue weighted by Crippen LogP contribution is 2.46. The first-order chi connectivity index (χ1) is 17.9. The van der Waals surface area contributed by atoms with E-state index in [1.165, 1.54) is 22.9 Å². The summed E-state index contributed by atoms with van der Waals surface area (Å²) in [5.74, 6) is 0.875. The number of thioether (sulfide) groups is 1. The van der Waals surface area contributed by atoms with Crippen molar-refractivity contribution in [1.82, 2.24) is 0 Å². The van der Waals surface area contributed by atoms with Gasteiger partial charge >= 0.3 is 0 Å². The van der Waals surface area contributed by atoms with Gasteiger partial charge in [-0.15, -0.1) is 0 Å². The summed E-state index contributed by atoms with van der Waals surface area (Å²) in [5, 5.41) is 2.11. The van der Waals surface area contributed by atoms with Gasteiger partial charge in [0.1, 0.15) is 18.0 Å². The number of aryl methyl sites for hydroxylation is 1. The molecule has 0 saturated carbocycles. The lowest BCUT2D eigenvalue weighted by molar-refractivity contribution is 0.556. The number of anilines is 1. The third kappa shape index (κ3) is 5.54. The van der Waals surface area contributed by atoms with Gasteiger partial charge in [-0.2, -0.15) is 4.36 Å². The van der Waals surface area contributed by atoms with Gasteiger partial charge in [-0.25, -0.2) is 4.21 Å². The molecule has 0 amide bonds. The predicted octanol–water partition coefficient (Wildman–Crippen LogP) is 8.44. The van der Waals surface area contributed by atoms with Gasteiger partial charge in [0.2, 0.25) is 0 Å². The molecular formula is C30H30N2O3S2. The van der Waals surface area contributed by atoms with Crippen molar-refractivity contribution in [3.8, 4) is 11.1 Å². The molecule has 5 nitrogen and oxygen atoms in total. The number of allylic oxidation sites excluding steroid dienone is 2. The van der Waals surface area contributed by atoms with E-state index in [-0.39, 0.29) is 6.67 Å². The van der Waals surface area contributed by atoms with Gasteiger partial charge in [-0.05, 0) is 66.0 Å². The number of nitrogens with zero attached hydrogens (tertiary/aromatic N) is 2. The van der Waals surface area contributed by atoms with Crippen LogP contribution in [0.5, 0.6) is 0 Å². The highest BCUT2D eigenvalue weighted by atomic mass is 32.2. The van der Waals surface area contributed by atoms with Crippen LogP contribution in [0.25, 0.3) is 28.2 Å². The van der Waals surface area contributed by atoms with Gasteiger partial charge < -0.3 is 13.9 Å². The minimum absolute atomic E-state index is 0.117. The highest BCUT2D eigenvalue weighted by Gasteiger charge is 2.25. The first-order valence-corrected chi connectivity index (χ1v) is 15.0. The average molecular weight is 531 g/mol. The molecule has 3 aromatic carbocycles. The Hall–Kier alpha value is -3.26. The van der Waals surface area contributed by atoms with E-state index in [4.69, 9.17) is 4.42 Å². The number of para-hydroxylation sites is 1. The number of furan rings is 1. The zero-order valence-corrected chi connectivity index (χ0v) is 22.8. The molecular weight excluding hydrogens is 500 g/mol. The van der Waals surface area contributed by atoms with Crippen molar-refractivity contribution in [2.24, 2.45) is 4.36 Å². The van der Waals surface area contributed by atoms with Crippen LogP contribution in [0.1, 0.15) is 31.6 Å². The molecule has 7 heteroatoms. The lowest BCUT2D eigenvalue weighted by Crippen LogP contribution is -2.18. The number of hydrogen-bond donors (Lipinski definition) is 1. The van der Waals surface area contributed by atoms with E-state index in [2.05, 4.69) is 78.9 Å². The Bertz CT molecular complexity index is 1620. The summed E-state index contributed by atoms with van der Waals surface area (Å²) >= 11 is 1.64. The van der Waals surface area contributed by atoms with Crippen LogP contribution in [0.15, 0.2) is 103 Å². The number of fused-ring (bicyclic) bond motifs is 2. The van der Waals surface area contributed by atoms with E-state index >= 15 is 0 Å². The third-order valence-corrected chi connectivity index (χ3v) is 8.10. The van der Waals surface area contributed by atoms with Gasteiger partial charge in [-0.1, -0.05) is 74.1 Å². The van der Waals surface area contributed by atoms with Crippen LogP contribution in [-0.4, -0.2) is 21.7 Å². The number of hydrogen-bond acceptors (Lipinski definition) is 5. The molecule has 1 N–H and O–H groups in total. The Kier molecular flexibility index (Phi) is 7.29. The summed E-state index contributed by atoms with van der Waals surface area (Å²) in [6.07, 6.45) is 7.17. The molecule has 1 aliphatic rings. The van der Waals surface area contributed by atoms with Crippen LogP contribution < -0.4 is 4.90 Å². The summed E-state index contributed by atoms with van der Waals surface area (Å²) in [4.78, 5) is 3.10. The molecule has 37 heavy (non-hydrogen) atoms. The monoisotopic (exact) mass is 530 g/mol. The zero-order chi connectivity index (χ0) is 26.0. The minimum Gasteiger partial charge on any atom is -0.456 e. The van der Waals surface area contributed by atoms with Gasteiger partial charge in [0.15, 0.2) is 10.0 Å². The van der Waals surface area contributed by atoms with Crippen molar-refractivity contribution in [1.29, 1.82) is 0 Å². The normalized spacial score (nSPS) is 16.3. The molecule has 0 saturated heterocycles. The Balaban J connectivity index is 1.54. The molecule has 0 radical (unpaired) electrons. The quantitative estimate of drug-likeness (QED) is 0.260. The molecule has 0 aliphatic carbocycles. The maximum atomic E-state index is 11.9. The molecule has 1 unspecified atom stereocenters. The van der Waals surface area contributed by atoms with E-state index in [1.54, 1.807) is 11.8 Å². The lowest BCUT2D eigenvalue weighted by Gasteiger charge is -2.18. The summed E-state index contributed by atoms with van der Waals surface area (Å²) in [6, 6.07) is 24.8. The molecule has 190 valence electrons. The maximum Gasteiger partial charge on any atom is 0.159 e. The fraction of sp³-hybridized carbons (Fsp3) is 0.200. The second kappa shape index (κ2) is 10.6. The second-order valence-electron chi connectivity index (χ2n) is 8.96. The van der Waals surface area contributed by atoms with Crippen LogP contribution in [-0.2, 0) is 16.4 Å². The van der Waals surface area contributed by atoms with Crippen LogP contribution in [0.3, 0.4) is 0 Å². The summed E-state index contributed by atoms with van der Waals surface area (Å²) in [5.41, 5.74) is 6.54. The van der Waals surface area contributed by atoms with Crippen molar-refractivity contribution in [3.05, 3.63) is 101 Å². The Morgan fingerprint density at radius 3 is 2.54 bits per heavy atom. The van der Waals surface area contributed by atoms with Crippen molar-refractivity contribution in [3.63, 3.8) is 0 Å². The minimum atomic E-state index is -3.20. The van der Waals surface area contributed by atoms with E-state index in [0.29, 0.717) is 0 Å². The predicted molar refractivity (Wildman–Crippen MR) is 156 cm³/mol. The van der Waals surface area contributed by atoms with E-state index < -0.39 is 10.0 Å². The molecule has 1 atom stereocenters. The summed E-state index contributed by atoms with van der Waals surface area (Å²) < 4.78 is 32.0. The van der Waals surface area contributed by atoms with Crippen molar-refractivity contribution in [2.45, 2.75) is 31.6 Å². The number of benzene rings is 3. The summed E-state index contributed by atoms with van der Waals surface area (Å²) in [6.45, 7) is 4.40. The Morgan fingerprint density at radius 2 is 1.81 bits per heavy atom. The third-order valence-electron chi connectivity index (χ3n) is 6.39. The molecule has 4 aromatic rings. The molecule has 2 heterocycles. The smallest absolute Gasteiger partial charge is 0.159 e. The van der Waals surface area contributed by atoms with E-state index in [0.717, 1.165) is 50.8 Å². The lowest BCUT2D eigenvalue weighted by atomic mass is 10.0. The molecule has 5 rings (SSSR count). The van der Waals surface area contributed by atoms with E-state index in [9.17, 15) is 8.76 Å². The van der Waals surface area contributed by atoms with Crippen LogP contribution in [0.2, 0.25) is 0 Å². The van der Waals surface area contributed by atoms with E-state index in [1.807, 2.05) is 29.2 Å². The highest BCUT2D eigenvalue weighted by molar-refractivity contribution is 8.03. The second-order valence-corrected chi connectivity index (χ2v) is 11.8. The number of rotatable bonds is 7. The first-order valence-electron chi connectivity index (χ1n) is 12.3. The molecule has 0 bridgehead atoms. The molecule has 1 aromatic heterocycles. The van der Waals surface area contributed by atoms with Crippen molar-refractivity contribution >= 4 is 44.5 Å². The fourth-order valence-electron chi connectivity index (χ4n) is 4.50. The van der Waals surface area contributed by atoms with Crippen LogP contribution in [0, 0.1) is 0 Å². The Labute approximate surface area is 222 Å². The summed E-state index contributed by atoms with van der Waals surface area (Å²) in [7, 11) is -3.20. The van der Waals surface area contributed by atoms with Gasteiger partial charge in [0.25, 0.3) is 0 Å². The molecule has 0 fully saturated rings. The first kappa shape index (κ1) is 25.4. The Morgan fingerprint density at radius 1 is 1.05 bits per heavy atom. The van der Waals surface area contributed by atoms with Crippen molar-refractivity contribution < 1.29 is 13.2 Å². The maximum absolute atomic E-state index is 11.9. The standard InChI is InChI=1S/C30H30N2O3S2/c1-4-21(18-30-32(20-31-37(3,33)34)26-13-9-10-14-29(26)36-30)17-28-24(5-2)25-19-23(15-16-27(25)35-28)22-11-7-6-8-12-22/h6-19H,4-5,20H2,1-3H3,(H,31,33,34)/b21-17?,30-18-. The SMILES string of the molecule is CCC(=Cc1oc2ccc(-c3ccccc3)cc2c1CC)/C=C1\Sc2ccccc2N1CN=S(C)(=O)O. The topological polar surface area (TPSA) is 66.0 Å². The van der Waals surface area contributed by atoms with Gasteiger partial charge in [-0.3, -0.25) is 0 Å². The molecule has 1 aliphatic heterocycles. The molecule has 0 spiro atoms. The average Bonchev–Trinajstić information content (AvgIpc) is 3.43. The van der Waals surface area contributed by atoms with Crippen molar-refractivity contribution in [2.75, 3.05) is 17.8 Å². The zero-order valence-electron chi connectivity index (χ0n) is 21.2. The van der Waals surface area contributed by atoms with Gasteiger partial charge in [0, 0.05) is 22.1 Å². The van der Waals surface area contributed by atoms with Crippen LogP contribution in [0.4, 0.5) is 5.69 Å². The largest absolute Gasteiger partial charge is 0.456 e. The van der Waals surface area contributed by atoms with Crippen LogP contribution >= 0.6 is 11.8 Å². The fourth-order valence-corrected chi connectivity index (χ4v) is 5.96. The van der Waals surface area contributed by atoms with Gasteiger partial charge in [0.05, 0.1) is 10.7 Å².